The number of carbonyl (C=O) groups excluding carboxylic acids is 1. The Balaban J connectivity index is 1.91. The van der Waals surface area contributed by atoms with Crippen LogP contribution in [-0.4, -0.2) is 35.0 Å². The molecule has 1 atom stereocenters. The van der Waals surface area contributed by atoms with Gasteiger partial charge in [0.25, 0.3) is 0 Å². The first-order valence-corrected chi connectivity index (χ1v) is 10.1. The van der Waals surface area contributed by atoms with E-state index in [1.807, 2.05) is 12.3 Å². The van der Waals surface area contributed by atoms with Crippen LogP contribution in [-0.2, 0) is 11.3 Å². The van der Waals surface area contributed by atoms with Gasteiger partial charge in [0.05, 0.1) is 6.04 Å². The first kappa shape index (κ1) is 18.9. The van der Waals surface area contributed by atoms with Crippen LogP contribution in [0.25, 0.3) is 0 Å². The highest BCUT2D eigenvalue weighted by Gasteiger charge is 2.19. The van der Waals surface area contributed by atoms with E-state index in [0.29, 0.717) is 19.5 Å². The van der Waals surface area contributed by atoms with E-state index in [0.717, 1.165) is 18.8 Å². The minimum absolute atomic E-state index is 0.000379. The van der Waals surface area contributed by atoms with Gasteiger partial charge in [0.1, 0.15) is 0 Å². The van der Waals surface area contributed by atoms with E-state index in [2.05, 4.69) is 40.9 Å². The molecule has 0 aliphatic rings. The fraction of sp³-hybridized carbons (Fsp3) is 0.529. The summed E-state index contributed by atoms with van der Waals surface area (Å²) >= 11 is 2.86. The molecule has 0 saturated carbocycles. The molecule has 0 radical (unpaired) electrons. The number of hydrogen-bond donors (Lipinski definition) is 1. The summed E-state index contributed by atoms with van der Waals surface area (Å²) in [5.74, 6) is -0.0140. The topological polar surface area (TPSA) is 54.3 Å². The molecule has 132 valence electrons. The molecule has 0 aromatic carbocycles. The molecule has 2 aromatic heterocycles. The Morgan fingerprint density at radius 2 is 2.08 bits per heavy atom. The number of nitrogens with one attached hydrogen (secondary N) is 1. The third-order valence-electron chi connectivity index (χ3n) is 4.21. The van der Waals surface area contributed by atoms with Gasteiger partial charge in [-0.25, -0.2) is 0 Å². The monoisotopic (exact) mass is 367 g/mol. The summed E-state index contributed by atoms with van der Waals surface area (Å²) < 4.78 is 1.66. The number of nitrogens with zero attached hydrogens (tertiary/aromatic N) is 2. The molecule has 0 aliphatic heterocycles. The van der Waals surface area contributed by atoms with Gasteiger partial charge in [-0.15, -0.1) is 0 Å². The van der Waals surface area contributed by atoms with Crippen molar-refractivity contribution in [3.05, 3.63) is 43.1 Å². The van der Waals surface area contributed by atoms with Gasteiger partial charge >= 0.3 is 4.87 Å². The smallest absolute Gasteiger partial charge is 0.307 e. The van der Waals surface area contributed by atoms with Crippen molar-refractivity contribution in [3.63, 3.8) is 0 Å². The summed E-state index contributed by atoms with van der Waals surface area (Å²) in [5, 5.41) is 9.07. The molecule has 2 aromatic rings. The lowest BCUT2D eigenvalue weighted by atomic mass is 10.1. The third kappa shape index (κ3) is 4.78. The molecule has 1 amide bonds. The maximum absolute atomic E-state index is 12.2. The predicted molar refractivity (Wildman–Crippen MR) is 101 cm³/mol. The van der Waals surface area contributed by atoms with Gasteiger partial charge in [-0.3, -0.25) is 14.5 Å². The zero-order valence-electron chi connectivity index (χ0n) is 14.4. The quantitative estimate of drug-likeness (QED) is 0.741. The lowest BCUT2D eigenvalue weighted by molar-refractivity contribution is -0.121. The van der Waals surface area contributed by atoms with Gasteiger partial charge in [-0.2, -0.15) is 11.3 Å². The van der Waals surface area contributed by atoms with Crippen LogP contribution >= 0.6 is 22.7 Å². The van der Waals surface area contributed by atoms with Gasteiger partial charge in [-0.05, 0) is 42.4 Å². The van der Waals surface area contributed by atoms with Crippen molar-refractivity contribution in [2.24, 2.45) is 0 Å². The normalized spacial score (nSPS) is 12.5. The van der Waals surface area contributed by atoms with Crippen LogP contribution in [0.3, 0.4) is 0 Å². The molecule has 7 heteroatoms. The average Bonchev–Trinajstić information content (AvgIpc) is 3.20. The van der Waals surface area contributed by atoms with Gasteiger partial charge in [0, 0.05) is 30.6 Å². The summed E-state index contributed by atoms with van der Waals surface area (Å²) in [6.45, 7) is 9.07. The van der Waals surface area contributed by atoms with Crippen LogP contribution in [0.15, 0.2) is 27.0 Å². The highest BCUT2D eigenvalue weighted by atomic mass is 32.1. The zero-order chi connectivity index (χ0) is 17.5. The van der Waals surface area contributed by atoms with Crippen LogP contribution in [0.2, 0.25) is 0 Å². The summed E-state index contributed by atoms with van der Waals surface area (Å²) in [6.07, 6.45) is 0.325. The Labute approximate surface area is 150 Å². The van der Waals surface area contributed by atoms with Crippen LogP contribution in [0, 0.1) is 6.92 Å². The average molecular weight is 368 g/mol. The van der Waals surface area contributed by atoms with Crippen LogP contribution in [0.4, 0.5) is 0 Å². The molecule has 0 saturated heterocycles. The Morgan fingerprint density at radius 1 is 1.33 bits per heavy atom. The van der Waals surface area contributed by atoms with Crippen molar-refractivity contribution in [2.45, 2.75) is 39.8 Å². The van der Waals surface area contributed by atoms with Crippen LogP contribution < -0.4 is 10.2 Å². The maximum atomic E-state index is 12.2. The number of hydrogen-bond acceptors (Lipinski definition) is 5. The van der Waals surface area contributed by atoms with E-state index in [1.54, 1.807) is 15.9 Å². The highest BCUT2D eigenvalue weighted by Crippen LogP contribution is 2.22. The van der Waals surface area contributed by atoms with E-state index < -0.39 is 0 Å². The fourth-order valence-corrected chi connectivity index (χ4v) is 4.24. The van der Waals surface area contributed by atoms with E-state index in [4.69, 9.17) is 0 Å². The van der Waals surface area contributed by atoms with Crippen molar-refractivity contribution in [1.29, 1.82) is 0 Å². The molecule has 2 heterocycles. The maximum Gasteiger partial charge on any atom is 0.307 e. The number of likely N-dealkylation sites (N-methyl/N-ethyl adjacent to an activating group) is 1. The molecule has 1 unspecified atom stereocenters. The number of thiophene rings is 1. The molecule has 0 spiro atoms. The molecular formula is C17H25N3O2S2. The van der Waals surface area contributed by atoms with E-state index in [1.165, 1.54) is 16.9 Å². The summed E-state index contributed by atoms with van der Waals surface area (Å²) in [4.78, 5) is 26.2. The van der Waals surface area contributed by atoms with E-state index >= 15 is 0 Å². The number of carbonyl (C=O) groups is 1. The first-order valence-electron chi connectivity index (χ1n) is 8.24. The Hall–Kier alpha value is -1.44. The number of thiazole rings is 1. The van der Waals surface area contributed by atoms with Crippen LogP contribution in [0.1, 0.15) is 37.6 Å². The van der Waals surface area contributed by atoms with Crippen molar-refractivity contribution in [2.75, 3.05) is 19.6 Å². The molecular weight excluding hydrogens is 342 g/mol. The zero-order valence-corrected chi connectivity index (χ0v) is 16.1. The van der Waals surface area contributed by atoms with Gasteiger partial charge in [-0.1, -0.05) is 25.2 Å². The minimum Gasteiger partial charge on any atom is -0.354 e. The Kier molecular flexibility index (Phi) is 7.20. The Morgan fingerprint density at radius 3 is 2.62 bits per heavy atom. The first-order chi connectivity index (χ1) is 11.6. The van der Waals surface area contributed by atoms with Gasteiger partial charge in [0.15, 0.2) is 0 Å². The molecule has 0 aliphatic carbocycles. The van der Waals surface area contributed by atoms with Crippen molar-refractivity contribution < 1.29 is 4.79 Å². The molecule has 5 nitrogen and oxygen atoms in total. The minimum atomic E-state index is -0.0140. The summed E-state index contributed by atoms with van der Waals surface area (Å²) in [5.41, 5.74) is 2.16. The van der Waals surface area contributed by atoms with Crippen molar-refractivity contribution in [1.82, 2.24) is 14.8 Å². The lowest BCUT2D eigenvalue weighted by Gasteiger charge is -2.29. The molecule has 1 N–H and O–H groups in total. The SMILES string of the molecule is CCN(CC)C(CNC(=O)CCn1c(C)csc1=O)c1ccsc1. The van der Waals surface area contributed by atoms with Crippen molar-refractivity contribution >= 4 is 28.6 Å². The standard InChI is InChI=1S/C17H25N3O2S2/c1-4-19(5-2)15(14-7-9-23-12-14)10-18-16(21)6-8-20-13(3)11-24-17(20)22/h7,9,11-12,15H,4-6,8,10H2,1-3H3,(H,18,21). The second kappa shape index (κ2) is 9.15. The fourth-order valence-electron chi connectivity index (χ4n) is 2.77. The number of aromatic nitrogens is 1. The van der Waals surface area contributed by atoms with E-state index in [9.17, 15) is 9.59 Å². The summed E-state index contributed by atoms with van der Waals surface area (Å²) in [7, 11) is 0. The molecule has 2 rings (SSSR count). The second-order valence-electron chi connectivity index (χ2n) is 5.64. The van der Waals surface area contributed by atoms with Gasteiger partial charge in [0.2, 0.25) is 5.91 Å². The summed E-state index contributed by atoms with van der Waals surface area (Å²) in [6, 6.07) is 2.31. The van der Waals surface area contributed by atoms with Crippen LogP contribution in [0.5, 0.6) is 0 Å². The number of amides is 1. The predicted octanol–water partition coefficient (Wildman–Crippen LogP) is 2.87. The van der Waals surface area contributed by atoms with Gasteiger partial charge < -0.3 is 9.88 Å². The van der Waals surface area contributed by atoms with Crippen molar-refractivity contribution in [3.8, 4) is 0 Å². The highest BCUT2D eigenvalue weighted by molar-refractivity contribution is 7.08. The molecule has 0 bridgehead atoms. The third-order valence-corrected chi connectivity index (χ3v) is 5.80. The Bertz CT molecular complexity index is 687. The second-order valence-corrected chi connectivity index (χ2v) is 7.24. The number of aryl methyl sites for hydroxylation is 1. The molecule has 0 fully saturated rings. The largest absolute Gasteiger partial charge is 0.354 e. The molecule has 24 heavy (non-hydrogen) atoms. The van der Waals surface area contributed by atoms with E-state index in [-0.39, 0.29) is 16.8 Å². The number of rotatable bonds is 9. The lowest BCUT2D eigenvalue weighted by Crippen LogP contribution is -2.38.